The van der Waals surface area contributed by atoms with Crippen molar-refractivity contribution in [3.63, 3.8) is 0 Å². The SMILES string of the molecule is Cc1ccc(C(=O)N/N=C\c2c(Cl)ccc(Cl)c2Cl)cc1. The van der Waals surface area contributed by atoms with Crippen LogP contribution in [0.5, 0.6) is 0 Å². The fourth-order valence-corrected chi connectivity index (χ4v) is 2.22. The molecule has 0 atom stereocenters. The van der Waals surface area contributed by atoms with Crippen LogP contribution >= 0.6 is 34.8 Å². The fraction of sp³-hybridized carbons (Fsp3) is 0.0667. The van der Waals surface area contributed by atoms with Gasteiger partial charge >= 0.3 is 0 Å². The van der Waals surface area contributed by atoms with Crippen LogP contribution in [-0.2, 0) is 0 Å². The number of halogens is 3. The van der Waals surface area contributed by atoms with Crippen molar-refractivity contribution in [1.82, 2.24) is 5.43 Å². The van der Waals surface area contributed by atoms with Crippen LogP contribution in [0.1, 0.15) is 21.5 Å². The molecule has 2 aromatic rings. The summed E-state index contributed by atoms with van der Waals surface area (Å²) in [5, 5.41) is 4.91. The van der Waals surface area contributed by atoms with Crippen molar-refractivity contribution in [2.24, 2.45) is 5.10 Å². The number of rotatable bonds is 3. The fourth-order valence-electron chi connectivity index (χ4n) is 1.59. The Hall–Kier alpha value is -1.55. The standard InChI is InChI=1S/C15H11Cl3N2O/c1-9-2-4-10(5-3-9)15(21)20-19-8-11-12(16)6-7-13(17)14(11)18/h2-8H,1H3,(H,20,21)/b19-8-. The number of hydrazone groups is 1. The molecular weight excluding hydrogens is 331 g/mol. The second-order valence-corrected chi connectivity index (χ2v) is 5.51. The molecule has 0 aromatic heterocycles. The van der Waals surface area contributed by atoms with Crippen LogP contribution in [0.25, 0.3) is 0 Å². The molecule has 108 valence electrons. The van der Waals surface area contributed by atoms with Gasteiger partial charge in [-0.1, -0.05) is 52.5 Å². The smallest absolute Gasteiger partial charge is 0.267 e. The summed E-state index contributed by atoms with van der Waals surface area (Å²) in [4.78, 5) is 11.9. The maximum absolute atomic E-state index is 11.9. The second-order valence-electron chi connectivity index (χ2n) is 4.32. The summed E-state index contributed by atoms with van der Waals surface area (Å²) < 4.78 is 0. The van der Waals surface area contributed by atoms with Crippen molar-refractivity contribution in [3.05, 3.63) is 68.2 Å². The summed E-state index contributed by atoms with van der Waals surface area (Å²) in [6, 6.07) is 10.3. The molecule has 0 aliphatic carbocycles. The molecule has 0 bridgehead atoms. The Morgan fingerprint density at radius 3 is 2.33 bits per heavy atom. The molecular formula is C15H11Cl3N2O. The average molecular weight is 342 g/mol. The van der Waals surface area contributed by atoms with Crippen LogP contribution in [0.15, 0.2) is 41.5 Å². The molecule has 0 heterocycles. The minimum atomic E-state index is -0.319. The number of hydrogen-bond donors (Lipinski definition) is 1. The van der Waals surface area contributed by atoms with Crippen LogP contribution < -0.4 is 5.43 Å². The first-order valence-corrected chi connectivity index (χ1v) is 7.16. The van der Waals surface area contributed by atoms with Gasteiger partial charge in [-0.3, -0.25) is 4.79 Å². The number of aryl methyl sites for hydroxylation is 1. The number of carbonyl (C=O) groups excluding carboxylic acids is 1. The van der Waals surface area contributed by atoms with Crippen LogP contribution in [-0.4, -0.2) is 12.1 Å². The molecule has 0 radical (unpaired) electrons. The minimum absolute atomic E-state index is 0.289. The summed E-state index contributed by atoms with van der Waals surface area (Å²) in [6.45, 7) is 1.95. The lowest BCUT2D eigenvalue weighted by Crippen LogP contribution is -2.17. The Bertz CT molecular complexity index is 697. The highest BCUT2D eigenvalue weighted by Gasteiger charge is 2.08. The monoisotopic (exact) mass is 340 g/mol. The summed E-state index contributed by atoms with van der Waals surface area (Å²) in [5.41, 5.74) is 4.46. The Labute approximate surface area is 137 Å². The van der Waals surface area contributed by atoms with Gasteiger partial charge in [0.05, 0.1) is 21.3 Å². The molecule has 0 saturated heterocycles. The Morgan fingerprint density at radius 2 is 1.67 bits per heavy atom. The lowest BCUT2D eigenvalue weighted by atomic mass is 10.1. The zero-order valence-electron chi connectivity index (χ0n) is 11.0. The first-order valence-electron chi connectivity index (χ1n) is 6.02. The molecule has 6 heteroatoms. The van der Waals surface area contributed by atoms with Gasteiger partial charge in [0.15, 0.2) is 0 Å². The molecule has 2 aromatic carbocycles. The predicted octanol–water partition coefficient (Wildman–Crippen LogP) is 4.72. The van der Waals surface area contributed by atoms with Crippen molar-refractivity contribution >= 4 is 46.9 Å². The first kappa shape index (κ1) is 15.8. The Morgan fingerprint density at radius 1 is 1.05 bits per heavy atom. The summed E-state index contributed by atoms with van der Waals surface area (Å²) in [5.74, 6) is -0.319. The van der Waals surface area contributed by atoms with Crippen LogP contribution in [0.2, 0.25) is 15.1 Å². The van der Waals surface area contributed by atoms with Gasteiger partial charge in [-0.15, -0.1) is 0 Å². The molecule has 0 unspecified atom stereocenters. The molecule has 0 fully saturated rings. The highest BCUT2D eigenvalue weighted by Crippen LogP contribution is 2.29. The highest BCUT2D eigenvalue weighted by molar-refractivity contribution is 6.45. The molecule has 0 saturated carbocycles. The normalized spacial score (nSPS) is 10.9. The first-order chi connectivity index (χ1) is 9.99. The lowest BCUT2D eigenvalue weighted by Gasteiger charge is -2.04. The van der Waals surface area contributed by atoms with E-state index in [1.165, 1.54) is 6.21 Å². The van der Waals surface area contributed by atoms with Gasteiger partial charge in [-0.25, -0.2) is 5.43 Å². The van der Waals surface area contributed by atoms with E-state index in [1.807, 2.05) is 19.1 Å². The van der Waals surface area contributed by atoms with E-state index in [4.69, 9.17) is 34.8 Å². The number of hydrogen-bond acceptors (Lipinski definition) is 2. The Kier molecular flexibility index (Phi) is 5.23. The average Bonchev–Trinajstić information content (AvgIpc) is 2.47. The van der Waals surface area contributed by atoms with Gasteiger partial charge in [-0.05, 0) is 31.2 Å². The molecule has 0 aliphatic heterocycles. The van der Waals surface area contributed by atoms with Crippen LogP contribution in [0, 0.1) is 6.92 Å². The van der Waals surface area contributed by atoms with Crippen molar-refractivity contribution in [2.45, 2.75) is 6.92 Å². The van der Waals surface area contributed by atoms with E-state index < -0.39 is 0 Å². The van der Waals surface area contributed by atoms with Crippen LogP contribution in [0.4, 0.5) is 0 Å². The third kappa shape index (κ3) is 3.97. The van der Waals surface area contributed by atoms with E-state index in [-0.39, 0.29) is 10.9 Å². The topological polar surface area (TPSA) is 41.5 Å². The summed E-state index contributed by atoms with van der Waals surface area (Å²) >= 11 is 17.9. The van der Waals surface area contributed by atoms with E-state index >= 15 is 0 Å². The maximum atomic E-state index is 11.9. The van der Waals surface area contributed by atoms with Gasteiger partial charge in [-0.2, -0.15) is 5.10 Å². The second kappa shape index (κ2) is 6.94. The largest absolute Gasteiger partial charge is 0.271 e. The lowest BCUT2D eigenvalue weighted by molar-refractivity contribution is 0.0955. The quantitative estimate of drug-likeness (QED) is 0.490. The molecule has 0 spiro atoms. The van der Waals surface area contributed by atoms with Crippen molar-refractivity contribution in [1.29, 1.82) is 0 Å². The van der Waals surface area contributed by atoms with E-state index in [1.54, 1.807) is 24.3 Å². The predicted molar refractivity (Wildman–Crippen MR) is 87.7 cm³/mol. The maximum Gasteiger partial charge on any atom is 0.271 e. The summed E-state index contributed by atoms with van der Waals surface area (Å²) in [7, 11) is 0. The van der Waals surface area contributed by atoms with Crippen molar-refractivity contribution < 1.29 is 4.79 Å². The molecule has 2 rings (SSSR count). The molecule has 3 nitrogen and oxygen atoms in total. The third-order valence-corrected chi connectivity index (χ3v) is 3.90. The summed E-state index contributed by atoms with van der Waals surface area (Å²) in [6.07, 6.45) is 1.36. The van der Waals surface area contributed by atoms with E-state index in [0.717, 1.165) is 5.56 Å². The highest BCUT2D eigenvalue weighted by atomic mass is 35.5. The number of carbonyl (C=O) groups is 1. The van der Waals surface area contributed by atoms with Gasteiger partial charge in [0.1, 0.15) is 0 Å². The van der Waals surface area contributed by atoms with Crippen molar-refractivity contribution in [2.75, 3.05) is 0 Å². The van der Waals surface area contributed by atoms with Gasteiger partial charge < -0.3 is 0 Å². The van der Waals surface area contributed by atoms with E-state index in [2.05, 4.69) is 10.5 Å². The van der Waals surface area contributed by atoms with E-state index in [0.29, 0.717) is 21.2 Å². The van der Waals surface area contributed by atoms with Crippen molar-refractivity contribution in [3.8, 4) is 0 Å². The minimum Gasteiger partial charge on any atom is -0.267 e. The molecule has 1 amide bonds. The number of amides is 1. The van der Waals surface area contributed by atoms with Crippen LogP contribution in [0.3, 0.4) is 0 Å². The number of nitrogens with one attached hydrogen (secondary N) is 1. The van der Waals surface area contributed by atoms with E-state index in [9.17, 15) is 4.79 Å². The third-order valence-electron chi connectivity index (χ3n) is 2.75. The zero-order chi connectivity index (χ0) is 15.4. The van der Waals surface area contributed by atoms with Gasteiger partial charge in [0.25, 0.3) is 5.91 Å². The number of nitrogens with zero attached hydrogens (tertiary/aromatic N) is 1. The Balaban J connectivity index is 2.11. The molecule has 1 N–H and O–H groups in total. The molecule has 21 heavy (non-hydrogen) atoms. The number of benzene rings is 2. The molecule has 0 aliphatic rings. The zero-order valence-corrected chi connectivity index (χ0v) is 13.3. The van der Waals surface area contributed by atoms with Gasteiger partial charge in [0.2, 0.25) is 0 Å². The van der Waals surface area contributed by atoms with Gasteiger partial charge in [0, 0.05) is 11.1 Å².